The third-order valence-electron chi connectivity index (χ3n) is 3.29. The first kappa shape index (κ1) is 12.4. The van der Waals surface area contributed by atoms with E-state index in [1.807, 2.05) is 12.1 Å². The Morgan fingerprint density at radius 3 is 2.76 bits per heavy atom. The smallest absolute Gasteiger partial charge is 0.118 e. The van der Waals surface area contributed by atoms with Crippen LogP contribution in [0.25, 0.3) is 0 Å². The largest absolute Gasteiger partial charge is 0.497 e. The number of benzene rings is 1. The first-order valence-corrected chi connectivity index (χ1v) is 6.28. The Hall–Kier alpha value is -1.06. The van der Waals surface area contributed by atoms with Crippen molar-refractivity contribution in [3.8, 4) is 5.75 Å². The summed E-state index contributed by atoms with van der Waals surface area (Å²) in [6.45, 7) is 4.03. The molecule has 1 N–H and O–H groups in total. The molecule has 0 aromatic heterocycles. The molecule has 1 saturated heterocycles. The summed E-state index contributed by atoms with van der Waals surface area (Å²) in [6, 6.07) is 8.56. The fourth-order valence-corrected chi connectivity index (χ4v) is 2.12. The highest BCUT2D eigenvalue weighted by Crippen LogP contribution is 2.18. The molecule has 0 amide bonds. The minimum atomic E-state index is 0.352. The van der Waals surface area contributed by atoms with E-state index in [1.165, 1.54) is 18.4 Å². The Labute approximate surface area is 103 Å². The molecule has 1 aromatic carbocycles. The van der Waals surface area contributed by atoms with Crippen LogP contribution in [0.1, 0.15) is 31.4 Å². The zero-order valence-corrected chi connectivity index (χ0v) is 10.6. The molecule has 0 bridgehead atoms. The van der Waals surface area contributed by atoms with Gasteiger partial charge >= 0.3 is 0 Å². The van der Waals surface area contributed by atoms with Gasteiger partial charge in [0.05, 0.1) is 13.2 Å². The molecule has 1 aliphatic rings. The summed E-state index contributed by atoms with van der Waals surface area (Å²) < 4.78 is 10.7. The standard InChI is InChI=1S/C14H21NO2/c1-11(15-10-14-4-3-9-17-14)12-5-7-13(16-2)8-6-12/h5-8,11,14-15H,3-4,9-10H2,1-2H3/t11-,14-/m1/s1. The van der Waals surface area contributed by atoms with Gasteiger partial charge in [0.25, 0.3) is 0 Å². The zero-order chi connectivity index (χ0) is 12.1. The molecule has 1 heterocycles. The number of methoxy groups -OCH3 is 1. The Bertz CT molecular complexity index is 331. The Morgan fingerprint density at radius 1 is 1.41 bits per heavy atom. The Balaban J connectivity index is 1.83. The van der Waals surface area contributed by atoms with Crippen LogP contribution in [0.5, 0.6) is 5.75 Å². The van der Waals surface area contributed by atoms with Gasteiger partial charge in [0, 0.05) is 19.2 Å². The summed E-state index contributed by atoms with van der Waals surface area (Å²) in [5, 5.41) is 3.51. The van der Waals surface area contributed by atoms with Crippen LogP contribution in [0.15, 0.2) is 24.3 Å². The molecule has 1 aliphatic heterocycles. The molecule has 1 fully saturated rings. The maximum absolute atomic E-state index is 5.59. The highest BCUT2D eigenvalue weighted by Gasteiger charge is 2.16. The van der Waals surface area contributed by atoms with Crippen molar-refractivity contribution in [2.24, 2.45) is 0 Å². The van der Waals surface area contributed by atoms with Crippen molar-refractivity contribution in [2.75, 3.05) is 20.3 Å². The van der Waals surface area contributed by atoms with Crippen LogP contribution < -0.4 is 10.1 Å². The van der Waals surface area contributed by atoms with Crippen LogP contribution in [0.4, 0.5) is 0 Å². The van der Waals surface area contributed by atoms with Gasteiger partial charge in [-0.2, -0.15) is 0 Å². The SMILES string of the molecule is COc1ccc([C@@H](C)NC[C@H]2CCCO2)cc1. The molecule has 2 rings (SSSR count). The number of ether oxygens (including phenoxy) is 2. The highest BCUT2D eigenvalue weighted by molar-refractivity contribution is 5.28. The maximum atomic E-state index is 5.59. The van der Waals surface area contributed by atoms with Gasteiger partial charge in [-0.15, -0.1) is 0 Å². The van der Waals surface area contributed by atoms with Gasteiger partial charge < -0.3 is 14.8 Å². The van der Waals surface area contributed by atoms with Gasteiger partial charge in [-0.1, -0.05) is 12.1 Å². The van der Waals surface area contributed by atoms with Crippen molar-refractivity contribution in [1.82, 2.24) is 5.32 Å². The van der Waals surface area contributed by atoms with E-state index in [1.54, 1.807) is 7.11 Å². The van der Waals surface area contributed by atoms with E-state index >= 15 is 0 Å². The molecule has 0 radical (unpaired) electrons. The molecule has 2 atom stereocenters. The second-order valence-corrected chi connectivity index (χ2v) is 4.54. The molecular formula is C14H21NO2. The molecule has 17 heavy (non-hydrogen) atoms. The first-order chi connectivity index (χ1) is 8.29. The lowest BCUT2D eigenvalue weighted by molar-refractivity contribution is 0.108. The summed E-state index contributed by atoms with van der Waals surface area (Å²) in [5.74, 6) is 0.903. The highest BCUT2D eigenvalue weighted by atomic mass is 16.5. The van der Waals surface area contributed by atoms with Crippen LogP contribution in [0.3, 0.4) is 0 Å². The van der Waals surface area contributed by atoms with Crippen molar-refractivity contribution < 1.29 is 9.47 Å². The van der Waals surface area contributed by atoms with Gasteiger partial charge in [-0.3, -0.25) is 0 Å². The minimum absolute atomic E-state index is 0.352. The average molecular weight is 235 g/mol. The fraction of sp³-hybridized carbons (Fsp3) is 0.571. The number of hydrogen-bond acceptors (Lipinski definition) is 3. The lowest BCUT2D eigenvalue weighted by Gasteiger charge is -2.17. The quantitative estimate of drug-likeness (QED) is 0.850. The fourth-order valence-electron chi connectivity index (χ4n) is 2.12. The second-order valence-electron chi connectivity index (χ2n) is 4.54. The van der Waals surface area contributed by atoms with E-state index in [4.69, 9.17) is 9.47 Å². The van der Waals surface area contributed by atoms with Crippen molar-refractivity contribution >= 4 is 0 Å². The molecule has 0 aliphatic carbocycles. The molecule has 94 valence electrons. The van der Waals surface area contributed by atoms with Crippen LogP contribution in [-0.2, 0) is 4.74 Å². The van der Waals surface area contributed by atoms with Gasteiger partial charge in [-0.25, -0.2) is 0 Å². The van der Waals surface area contributed by atoms with Crippen LogP contribution >= 0.6 is 0 Å². The van der Waals surface area contributed by atoms with E-state index in [-0.39, 0.29) is 0 Å². The third kappa shape index (κ3) is 3.45. The predicted molar refractivity (Wildman–Crippen MR) is 68.4 cm³/mol. The zero-order valence-electron chi connectivity index (χ0n) is 10.6. The molecule has 0 saturated carbocycles. The monoisotopic (exact) mass is 235 g/mol. The Morgan fingerprint density at radius 2 is 2.18 bits per heavy atom. The predicted octanol–water partition coefficient (Wildman–Crippen LogP) is 2.52. The summed E-state index contributed by atoms with van der Waals surface area (Å²) in [6.07, 6.45) is 2.78. The van der Waals surface area contributed by atoms with Gasteiger partial charge in [0.15, 0.2) is 0 Å². The van der Waals surface area contributed by atoms with Gasteiger partial charge in [-0.05, 0) is 37.5 Å². The summed E-state index contributed by atoms with van der Waals surface area (Å²) in [4.78, 5) is 0. The minimum Gasteiger partial charge on any atom is -0.497 e. The van der Waals surface area contributed by atoms with E-state index in [2.05, 4.69) is 24.4 Å². The lowest BCUT2D eigenvalue weighted by atomic mass is 10.1. The molecular weight excluding hydrogens is 214 g/mol. The molecule has 0 spiro atoms. The first-order valence-electron chi connectivity index (χ1n) is 6.28. The number of hydrogen-bond donors (Lipinski definition) is 1. The molecule has 3 nitrogen and oxygen atoms in total. The van der Waals surface area contributed by atoms with E-state index in [0.29, 0.717) is 12.1 Å². The second kappa shape index (κ2) is 6.03. The molecule has 1 aromatic rings. The van der Waals surface area contributed by atoms with E-state index in [0.717, 1.165) is 18.9 Å². The summed E-state index contributed by atoms with van der Waals surface area (Å²) in [5.41, 5.74) is 1.28. The molecule has 3 heteroatoms. The lowest BCUT2D eigenvalue weighted by Crippen LogP contribution is -2.28. The number of nitrogens with one attached hydrogen (secondary N) is 1. The van der Waals surface area contributed by atoms with Crippen LogP contribution in [-0.4, -0.2) is 26.4 Å². The number of rotatable bonds is 5. The normalized spacial score (nSPS) is 21.4. The van der Waals surface area contributed by atoms with Crippen molar-refractivity contribution in [3.05, 3.63) is 29.8 Å². The van der Waals surface area contributed by atoms with Crippen molar-refractivity contribution in [3.63, 3.8) is 0 Å². The van der Waals surface area contributed by atoms with Crippen LogP contribution in [0, 0.1) is 0 Å². The third-order valence-corrected chi connectivity index (χ3v) is 3.29. The van der Waals surface area contributed by atoms with Gasteiger partial charge in [0.2, 0.25) is 0 Å². The van der Waals surface area contributed by atoms with E-state index < -0.39 is 0 Å². The summed E-state index contributed by atoms with van der Waals surface area (Å²) >= 11 is 0. The van der Waals surface area contributed by atoms with Crippen LogP contribution in [0.2, 0.25) is 0 Å². The summed E-state index contributed by atoms with van der Waals surface area (Å²) in [7, 11) is 1.69. The average Bonchev–Trinajstić information content (AvgIpc) is 2.89. The maximum Gasteiger partial charge on any atom is 0.118 e. The van der Waals surface area contributed by atoms with Crippen molar-refractivity contribution in [1.29, 1.82) is 0 Å². The van der Waals surface area contributed by atoms with E-state index in [9.17, 15) is 0 Å². The molecule has 0 unspecified atom stereocenters. The van der Waals surface area contributed by atoms with Crippen molar-refractivity contribution in [2.45, 2.75) is 31.9 Å². The topological polar surface area (TPSA) is 30.5 Å². The Kier molecular flexibility index (Phi) is 4.40. The van der Waals surface area contributed by atoms with Gasteiger partial charge in [0.1, 0.15) is 5.75 Å².